The van der Waals surface area contributed by atoms with Crippen LogP contribution in [0.2, 0.25) is 0 Å². The van der Waals surface area contributed by atoms with Crippen molar-refractivity contribution >= 4 is 33.1 Å². The molecule has 0 saturated heterocycles. The zero-order chi connectivity index (χ0) is 26.3. The van der Waals surface area contributed by atoms with Gasteiger partial charge in [-0.3, -0.25) is 9.59 Å². The number of hydrogen-bond acceptors (Lipinski definition) is 7. The molecule has 0 spiro atoms. The van der Waals surface area contributed by atoms with E-state index in [2.05, 4.69) is 22.1 Å². The maximum absolute atomic E-state index is 14.4. The fourth-order valence-electron chi connectivity index (χ4n) is 3.66. The normalized spacial score (nSPS) is 11.0. The van der Waals surface area contributed by atoms with Crippen LogP contribution < -0.4 is 15.5 Å². The molecule has 37 heavy (non-hydrogen) atoms. The van der Waals surface area contributed by atoms with Gasteiger partial charge in [0.05, 0.1) is 20.8 Å². The molecule has 3 aromatic heterocycles. The van der Waals surface area contributed by atoms with E-state index < -0.39 is 17.5 Å². The minimum absolute atomic E-state index is 0.179. The monoisotopic (exact) mass is 520 g/mol. The lowest BCUT2D eigenvalue weighted by Crippen LogP contribution is -2.11. The van der Waals surface area contributed by atoms with Gasteiger partial charge in [0.15, 0.2) is 17.3 Å². The Morgan fingerprint density at radius 3 is 2.62 bits per heavy atom. The fraction of sp³-hybridized carbons (Fsp3) is 0.0769. The van der Waals surface area contributed by atoms with Crippen molar-refractivity contribution in [1.29, 1.82) is 0 Å². The summed E-state index contributed by atoms with van der Waals surface area (Å²) in [5.41, 5.74) is 1.54. The smallest absolute Gasteiger partial charge is 0.257 e. The van der Waals surface area contributed by atoms with Gasteiger partial charge in [-0.05, 0) is 49.4 Å². The second kappa shape index (κ2) is 9.43. The van der Waals surface area contributed by atoms with Crippen LogP contribution in [0.25, 0.3) is 26.7 Å². The molecule has 0 aliphatic rings. The number of aryl methyl sites for hydroxylation is 2. The first kappa shape index (κ1) is 24.1. The first-order valence-electron chi connectivity index (χ1n) is 10.9. The number of carbonyl (C=O) groups excluding carboxylic acids is 1. The molecular weight excluding hydrogens is 502 g/mol. The van der Waals surface area contributed by atoms with Crippen molar-refractivity contribution < 1.29 is 22.7 Å². The first-order valence-corrected chi connectivity index (χ1v) is 11.7. The Bertz CT molecular complexity index is 1760. The van der Waals surface area contributed by atoms with Crippen LogP contribution in [0.1, 0.15) is 11.5 Å². The van der Waals surface area contributed by atoms with Gasteiger partial charge in [-0.1, -0.05) is 6.58 Å². The summed E-state index contributed by atoms with van der Waals surface area (Å²) < 4.78 is 41.4. The van der Waals surface area contributed by atoms with Crippen LogP contribution in [0.15, 0.2) is 70.5 Å². The number of benzene rings is 2. The van der Waals surface area contributed by atoms with E-state index in [1.165, 1.54) is 23.5 Å². The van der Waals surface area contributed by atoms with Crippen molar-refractivity contribution in [3.8, 4) is 28.0 Å². The Hall–Kier alpha value is -4.64. The SMILES string of the molecule is C=CC(=O)Nc1ccc(Oc2ccc(F)cc2F)c(-n2cc(C)c(=O)c3sc(-c4nnc(C)o4)cc32)c1. The lowest BCUT2D eigenvalue weighted by Gasteiger charge is -2.17. The van der Waals surface area contributed by atoms with Gasteiger partial charge in [-0.15, -0.1) is 21.5 Å². The number of thiophene rings is 1. The second-order valence-electron chi connectivity index (χ2n) is 8.02. The van der Waals surface area contributed by atoms with Crippen LogP contribution in [-0.2, 0) is 4.79 Å². The van der Waals surface area contributed by atoms with Crippen LogP contribution in [-0.4, -0.2) is 20.7 Å². The maximum atomic E-state index is 14.4. The number of pyridine rings is 1. The Kier molecular flexibility index (Phi) is 6.14. The Labute approximate surface area is 212 Å². The number of nitrogens with zero attached hydrogens (tertiary/aromatic N) is 3. The van der Waals surface area contributed by atoms with Crippen molar-refractivity contribution in [2.45, 2.75) is 13.8 Å². The van der Waals surface area contributed by atoms with Gasteiger partial charge in [0, 0.05) is 30.4 Å². The molecule has 0 radical (unpaired) electrons. The molecule has 1 N–H and O–H groups in total. The fourth-order valence-corrected chi connectivity index (χ4v) is 4.74. The predicted molar refractivity (Wildman–Crippen MR) is 135 cm³/mol. The summed E-state index contributed by atoms with van der Waals surface area (Å²) in [4.78, 5) is 25.5. The molecule has 3 heterocycles. The molecular formula is C26H18F2N4O4S. The number of halogens is 2. The van der Waals surface area contributed by atoms with Crippen molar-refractivity contribution in [2.24, 2.45) is 0 Å². The van der Waals surface area contributed by atoms with E-state index in [1.807, 2.05) is 0 Å². The average molecular weight is 521 g/mol. The Morgan fingerprint density at radius 2 is 1.92 bits per heavy atom. The second-order valence-corrected chi connectivity index (χ2v) is 9.07. The summed E-state index contributed by atoms with van der Waals surface area (Å²) in [6, 6.07) is 9.40. The largest absolute Gasteiger partial charge is 0.452 e. The van der Waals surface area contributed by atoms with E-state index in [1.54, 1.807) is 42.8 Å². The molecule has 186 valence electrons. The molecule has 0 aliphatic heterocycles. The number of fused-ring (bicyclic) bond motifs is 1. The quantitative estimate of drug-likeness (QED) is 0.279. The molecule has 0 atom stereocenters. The molecule has 5 rings (SSSR count). The highest BCUT2D eigenvalue weighted by Crippen LogP contribution is 2.37. The van der Waals surface area contributed by atoms with Gasteiger partial charge in [-0.25, -0.2) is 8.78 Å². The van der Waals surface area contributed by atoms with Crippen molar-refractivity contribution in [3.63, 3.8) is 0 Å². The van der Waals surface area contributed by atoms with Gasteiger partial charge in [-0.2, -0.15) is 0 Å². The summed E-state index contributed by atoms with van der Waals surface area (Å²) >= 11 is 1.19. The van der Waals surface area contributed by atoms with Gasteiger partial charge in [0.1, 0.15) is 5.82 Å². The standard InChI is InChI=1S/C26H18F2N4O4S/c1-4-23(33)29-16-6-8-21(36-20-7-5-15(27)9-17(20)28)18(10-16)32-12-13(2)24(34)25-19(32)11-22(37-25)26-31-30-14(3)35-26/h4-12H,1H2,2-3H3,(H,29,33). The number of hydrogen-bond donors (Lipinski definition) is 1. The number of ether oxygens (including phenoxy) is 1. The van der Waals surface area contributed by atoms with Crippen LogP contribution in [0, 0.1) is 25.5 Å². The number of nitrogens with one attached hydrogen (secondary N) is 1. The third-order valence-corrected chi connectivity index (χ3v) is 6.49. The average Bonchev–Trinajstić information content (AvgIpc) is 3.51. The summed E-state index contributed by atoms with van der Waals surface area (Å²) in [5, 5.41) is 10.6. The van der Waals surface area contributed by atoms with E-state index in [0.29, 0.717) is 44.0 Å². The van der Waals surface area contributed by atoms with Crippen LogP contribution in [0.3, 0.4) is 0 Å². The Balaban J connectivity index is 1.73. The van der Waals surface area contributed by atoms with Gasteiger partial charge in [0.25, 0.3) is 5.89 Å². The van der Waals surface area contributed by atoms with Crippen LogP contribution >= 0.6 is 11.3 Å². The minimum atomic E-state index is -0.888. The topological polar surface area (TPSA) is 99.2 Å². The summed E-state index contributed by atoms with van der Waals surface area (Å²) in [6.45, 7) is 6.78. The summed E-state index contributed by atoms with van der Waals surface area (Å²) in [6.07, 6.45) is 2.74. The van der Waals surface area contributed by atoms with E-state index >= 15 is 0 Å². The van der Waals surface area contributed by atoms with Gasteiger partial charge in [0.2, 0.25) is 17.2 Å². The van der Waals surface area contributed by atoms with E-state index in [4.69, 9.17) is 9.15 Å². The number of aromatic nitrogens is 3. The summed E-state index contributed by atoms with van der Waals surface area (Å²) in [5.74, 6) is -1.44. The molecule has 2 aromatic carbocycles. The molecule has 0 aliphatic carbocycles. The highest BCUT2D eigenvalue weighted by Gasteiger charge is 2.19. The van der Waals surface area contributed by atoms with Gasteiger partial charge >= 0.3 is 0 Å². The highest BCUT2D eigenvalue weighted by molar-refractivity contribution is 7.22. The molecule has 0 unspecified atom stereocenters. The molecule has 0 fully saturated rings. The Morgan fingerprint density at radius 1 is 1.14 bits per heavy atom. The van der Waals surface area contributed by atoms with Crippen molar-refractivity contribution in [3.05, 3.63) is 94.6 Å². The van der Waals surface area contributed by atoms with E-state index in [9.17, 15) is 18.4 Å². The highest BCUT2D eigenvalue weighted by atomic mass is 32.1. The molecule has 5 aromatic rings. The van der Waals surface area contributed by atoms with Crippen LogP contribution in [0.5, 0.6) is 11.5 Å². The zero-order valence-electron chi connectivity index (χ0n) is 19.5. The zero-order valence-corrected chi connectivity index (χ0v) is 20.4. The number of carbonyl (C=O) groups is 1. The number of amides is 1. The lowest BCUT2D eigenvalue weighted by atomic mass is 10.2. The van der Waals surface area contributed by atoms with Crippen molar-refractivity contribution in [1.82, 2.24) is 14.8 Å². The number of anilines is 1. The molecule has 11 heteroatoms. The third kappa shape index (κ3) is 4.64. The van der Waals surface area contributed by atoms with Crippen molar-refractivity contribution in [2.75, 3.05) is 5.32 Å². The maximum Gasteiger partial charge on any atom is 0.257 e. The van der Waals surface area contributed by atoms with E-state index in [-0.39, 0.29) is 22.8 Å². The van der Waals surface area contributed by atoms with Gasteiger partial charge < -0.3 is 19.0 Å². The first-order chi connectivity index (χ1) is 17.7. The molecule has 8 nitrogen and oxygen atoms in total. The molecule has 1 amide bonds. The molecule has 0 bridgehead atoms. The predicted octanol–water partition coefficient (Wildman–Crippen LogP) is 5.91. The number of rotatable bonds is 6. The van der Waals surface area contributed by atoms with E-state index in [0.717, 1.165) is 12.1 Å². The van der Waals surface area contributed by atoms with Crippen LogP contribution in [0.4, 0.5) is 14.5 Å². The summed E-state index contributed by atoms with van der Waals surface area (Å²) in [7, 11) is 0. The third-order valence-electron chi connectivity index (χ3n) is 5.38. The lowest BCUT2D eigenvalue weighted by molar-refractivity contribution is -0.111. The minimum Gasteiger partial charge on any atom is -0.452 e. The molecule has 0 saturated carbocycles.